The molecule has 0 saturated carbocycles. The van der Waals surface area contributed by atoms with Crippen LogP contribution in [0, 0.1) is 12.7 Å². The summed E-state index contributed by atoms with van der Waals surface area (Å²) in [5.74, 6) is 0.0179. The zero-order chi connectivity index (χ0) is 19.8. The van der Waals surface area contributed by atoms with Crippen LogP contribution in [0.5, 0.6) is 0 Å². The van der Waals surface area contributed by atoms with Crippen LogP contribution in [-0.2, 0) is 31.1 Å². The van der Waals surface area contributed by atoms with Crippen molar-refractivity contribution >= 4 is 5.78 Å². The van der Waals surface area contributed by atoms with E-state index in [-0.39, 0.29) is 17.2 Å². The summed E-state index contributed by atoms with van der Waals surface area (Å²) in [4.78, 5) is 24.1. The van der Waals surface area contributed by atoms with Gasteiger partial charge >= 0.3 is 0 Å². The molecule has 4 rings (SSSR count). The molecular formula is C24H22FNO2. The van der Waals surface area contributed by atoms with Crippen molar-refractivity contribution in [1.82, 2.24) is 4.57 Å². The van der Waals surface area contributed by atoms with E-state index in [4.69, 9.17) is 0 Å². The molecular weight excluding hydrogens is 353 g/mol. The Balaban J connectivity index is 1.89. The Morgan fingerprint density at radius 2 is 1.79 bits per heavy atom. The quantitative estimate of drug-likeness (QED) is 0.690. The molecule has 2 aromatic carbocycles. The van der Waals surface area contributed by atoms with Crippen molar-refractivity contribution in [2.75, 3.05) is 0 Å². The van der Waals surface area contributed by atoms with Gasteiger partial charge in [-0.05, 0) is 71.3 Å². The first kappa shape index (κ1) is 18.4. The monoisotopic (exact) mass is 375 g/mol. The fourth-order valence-corrected chi connectivity index (χ4v) is 4.09. The highest BCUT2D eigenvalue weighted by molar-refractivity contribution is 5.84. The third-order valence-corrected chi connectivity index (χ3v) is 5.54. The number of benzene rings is 2. The Bertz CT molecular complexity index is 1100. The van der Waals surface area contributed by atoms with E-state index in [0.29, 0.717) is 24.8 Å². The SMILES string of the molecule is Cc1cc(-c2ccc3c(c2Cc2ccc(F)cc2)CCC(=O)C3)cn(C)c1=O. The molecule has 0 atom stereocenters. The van der Waals surface area contributed by atoms with Crippen LogP contribution < -0.4 is 5.56 Å². The second kappa shape index (κ2) is 7.19. The van der Waals surface area contributed by atoms with Gasteiger partial charge in [0.2, 0.25) is 0 Å². The number of Topliss-reactive ketones (excluding diaryl/α,β-unsaturated/α-hetero) is 1. The van der Waals surface area contributed by atoms with Crippen molar-refractivity contribution in [2.24, 2.45) is 7.05 Å². The van der Waals surface area contributed by atoms with Crippen molar-refractivity contribution in [3.05, 3.63) is 92.6 Å². The van der Waals surface area contributed by atoms with E-state index in [1.165, 1.54) is 17.7 Å². The number of carbonyl (C=O) groups is 1. The molecule has 1 heterocycles. The van der Waals surface area contributed by atoms with Gasteiger partial charge in [-0.25, -0.2) is 4.39 Å². The molecule has 0 radical (unpaired) electrons. The van der Waals surface area contributed by atoms with E-state index in [2.05, 4.69) is 6.07 Å². The molecule has 0 amide bonds. The van der Waals surface area contributed by atoms with E-state index >= 15 is 0 Å². The van der Waals surface area contributed by atoms with Gasteiger partial charge in [-0.3, -0.25) is 9.59 Å². The number of aromatic nitrogens is 1. The number of hydrogen-bond acceptors (Lipinski definition) is 2. The van der Waals surface area contributed by atoms with Gasteiger partial charge < -0.3 is 4.57 Å². The average Bonchev–Trinajstić information content (AvgIpc) is 2.67. The summed E-state index contributed by atoms with van der Waals surface area (Å²) in [5.41, 5.74) is 7.22. The van der Waals surface area contributed by atoms with Crippen LogP contribution in [0.2, 0.25) is 0 Å². The number of halogens is 1. The summed E-state index contributed by atoms with van der Waals surface area (Å²) >= 11 is 0. The summed E-state index contributed by atoms with van der Waals surface area (Å²) in [5, 5.41) is 0. The van der Waals surface area contributed by atoms with Gasteiger partial charge in [-0.1, -0.05) is 24.3 Å². The summed E-state index contributed by atoms with van der Waals surface area (Å²) in [7, 11) is 1.76. The van der Waals surface area contributed by atoms with Gasteiger partial charge in [0.1, 0.15) is 11.6 Å². The molecule has 3 nitrogen and oxygen atoms in total. The number of nitrogens with zero attached hydrogens (tertiary/aromatic N) is 1. The van der Waals surface area contributed by atoms with Crippen LogP contribution in [0.3, 0.4) is 0 Å². The third kappa shape index (κ3) is 3.42. The molecule has 0 fully saturated rings. The van der Waals surface area contributed by atoms with Gasteiger partial charge in [-0.15, -0.1) is 0 Å². The minimum Gasteiger partial charge on any atom is -0.318 e. The summed E-state index contributed by atoms with van der Waals surface area (Å²) in [6.07, 6.45) is 4.27. The Hall–Kier alpha value is -3.01. The zero-order valence-corrected chi connectivity index (χ0v) is 16.1. The van der Waals surface area contributed by atoms with Gasteiger partial charge in [0.25, 0.3) is 5.56 Å². The van der Waals surface area contributed by atoms with Crippen LogP contribution >= 0.6 is 0 Å². The molecule has 0 N–H and O–H groups in total. The Morgan fingerprint density at radius 1 is 1.04 bits per heavy atom. The Morgan fingerprint density at radius 3 is 2.50 bits per heavy atom. The van der Waals surface area contributed by atoms with E-state index in [9.17, 15) is 14.0 Å². The molecule has 142 valence electrons. The van der Waals surface area contributed by atoms with Gasteiger partial charge in [0.05, 0.1) is 0 Å². The number of ketones is 1. The second-order valence-electron chi connectivity index (χ2n) is 7.58. The third-order valence-electron chi connectivity index (χ3n) is 5.54. The molecule has 3 aromatic rings. The molecule has 1 aromatic heterocycles. The van der Waals surface area contributed by atoms with Crippen LogP contribution in [-0.4, -0.2) is 10.4 Å². The number of aryl methyl sites for hydroxylation is 2. The number of pyridine rings is 1. The first-order chi connectivity index (χ1) is 13.4. The minimum absolute atomic E-state index is 0.00705. The minimum atomic E-state index is -0.252. The van der Waals surface area contributed by atoms with E-state index in [1.807, 2.05) is 25.3 Å². The highest BCUT2D eigenvalue weighted by Crippen LogP contribution is 2.33. The van der Waals surface area contributed by atoms with Gasteiger partial charge in [-0.2, -0.15) is 0 Å². The van der Waals surface area contributed by atoms with Gasteiger partial charge in [0.15, 0.2) is 0 Å². The van der Waals surface area contributed by atoms with Crippen molar-refractivity contribution in [3.63, 3.8) is 0 Å². The molecule has 4 heteroatoms. The second-order valence-corrected chi connectivity index (χ2v) is 7.58. The van der Waals surface area contributed by atoms with Crippen LogP contribution in [0.1, 0.15) is 34.2 Å². The number of hydrogen-bond donors (Lipinski definition) is 0. The summed E-state index contributed by atoms with van der Waals surface area (Å²) in [6.45, 7) is 1.82. The summed E-state index contributed by atoms with van der Waals surface area (Å²) < 4.78 is 14.9. The fraction of sp³-hybridized carbons (Fsp3) is 0.250. The van der Waals surface area contributed by atoms with Crippen LogP contribution in [0.4, 0.5) is 4.39 Å². The molecule has 28 heavy (non-hydrogen) atoms. The molecule has 1 aliphatic carbocycles. The zero-order valence-electron chi connectivity index (χ0n) is 16.1. The maximum absolute atomic E-state index is 13.3. The topological polar surface area (TPSA) is 39.1 Å². The Labute approximate surface area is 163 Å². The average molecular weight is 375 g/mol. The predicted octanol–water partition coefficient (Wildman–Crippen LogP) is 4.15. The molecule has 0 unspecified atom stereocenters. The first-order valence-corrected chi connectivity index (χ1v) is 9.50. The maximum Gasteiger partial charge on any atom is 0.253 e. The molecule has 1 aliphatic rings. The standard InChI is InChI=1S/C24H22FNO2/c1-15-11-18(14-26(2)24(15)28)22-9-5-17-13-20(27)8-10-21(17)23(22)12-16-3-6-19(25)7-4-16/h3-7,9,11,14H,8,10,12-13H2,1-2H3. The number of carbonyl (C=O) groups excluding carboxylic acids is 1. The lowest BCUT2D eigenvalue weighted by Crippen LogP contribution is -2.19. The molecule has 0 spiro atoms. The van der Waals surface area contributed by atoms with Crippen molar-refractivity contribution in [3.8, 4) is 11.1 Å². The maximum atomic E-state index is 13.3. The van der Waals surface area contributed by atoms with Crippen molar-refractivity contribution in [1.29, 1.82) is 0 Å². The fourth-order valence-electron chi connectivity index (χ4n) is 4.09. The normalized spacial score (nSPS) is 13.5. The highest BCUT2D eigenvalue weighted by atomic mass is 19.1. The first-order valence-electron chi connectivity index (χ1n) is 9.50. The van der Waals surface area contributed by atoms with Crippen LogP contribution in [0.25, 0.3) is 11.1 Å². The van der Waals surface area contributed by atoms with E-state index < -0.39 is 0 Å². The lowest BCUT2D eigenvalue weighted by atomic mass is 9.82. The van der Waals surface area contributed by atoms with Crippen LogP contribution in [0.15, 0.2) is 53.5 Å². The van der Waals surface area contributed by atoms with Crippen molar-refractivity contribution < 1.29 is 9.18 Å². The van der Waals surface area contributed by atoms with Gasteiger partial charge in [0, 0.05) is 31.6 Å². The number of rotatable bonds is 3. The van der Waals surface area contributed by atoms with Crippen molar-refractivity contribution in [2.45, 2.75) is 32.6 Å². The largest absolute Gasteiger partial charge is 0.318 e. The van der Waals surface area contributed by atoms with E-state index in [1.54, 1.807) is 23.7 Å². The number of fused-ring (bicyclic) bond motifs is 1. The van der Waals surface area contributed by atoms with E-state index in [0.717, 1.165) is 34.2 Å². The summed E-state index contributed by atoms with van der Waals surface area (Å²) in [6, 6.07) is 12.6. The highest BCUT2D eigenvalue weighted by Gasteiger charge is 2.21. The molecule has 0 saturated heterocycles. The lowest BCUT2D eigenvalue weighted by molar-refractivity contribution is -0.118. The lowest BCUT2D eigenvalue weighted by Gasteiger charge is -2.22. The Kier molecular flexibility index (Phi) is 4.71. The molecule has 0 aliphatic heterocycles. The molecule has 0 bridgehead atoms. The smallest absolute Gasteiger partial charge is 0.253 e. The predicted molar refractivity (Wildman–Crippen MR) is 108 cm³/mol.